The Bertz CT molecular complexity index is 1850. The van der Waals surface area contributed by atoms with Crippen LogP contribution >= 0.6 is 0 Å². The number of primary amides is 1. The van der Waals surface area contributed by atoms with Gasteiger partial charge >= 0.3 is 5.97 Å². The fraction of sp³-hybridized carbons (Fsp3) is 0.421. The number of amides is 5. The van der Waals surface area contributed by atoms with Gasteiger partial charge in [-0.3, -0.25) is 28.8 Å². The minimum atomic E-state index is -1.62. The van der Waals surface area contributed by atoms with Gasteiger partial charge in [0.15, 0.2) is 0 Å². The van der Waals surface area contributed by atoms with Gasteiger partial charge in [0, 0.05) is 42.7 Å². The lowest BCUT2D eigenvalue weighted by Gasteiger charge is -2.41. The first-order chi connectivity index (χ1) is 25.8. The first-order valence-corrected chi connectivity index (χ1v) is 17.6. The maximum absolute atomic E-state index is 15.0. The van der Waals surface area contributed by atoms with Gasteiger partial charge in [0.05, 0.1) is 24.9 Å². The van der Waals surface area contributed by atoms with Gasteiger partial charge < -0.3 is 47.1 Å². The third kappa shape index (κ3) is 12.7. The van der Waals surface area contributed by atoms with Crippen LogP contribution < -0.4 is 27.4 Å². The highest BCUT2D eigenvalue weighted by Crippen LogP contribution is 2.41. The number of rotatable bonds is 19. The number of aliphatic hydroxyl groups is 1. The number of halogens is 2. The number of carboxylic acid groups (broad SMARTS) is 1. The van der Waals surface area contributed by atoms with Crippen LogP contribution in [0.15, 0.2) is 60.8 Å². The number of nitrogens with one attached hydrogen (secondary N) is 3. The zero-order valence-electron chi connectivity index (χ0n) is 31.2. The van der Waals surface area contributed by atoms with Crippen LogP contribution in [0.5, 0.6) is 0 Å². The Morgan fingerprint density at radius 3 is 2.13 bits per heavy atom. The van der Waals surface area contributed by atoms with Crippen molar-refractivity contribution in [3.05, 3.63) is 83.7 Å². The van der Waals surface area contributed by atoms with Crippen LogP contribution in [0.2, 0.25) is 0 Å². The van der Waals surface area contributed by atoms with E-state index in [1.165, 1.54) is 11.8 Å². The summed E-state index contributed by atoms with van der Waals surface area (Å²) in [4.78, 5) is 76.3. The van der Waals surface area contributed by atoms with Gasteiger partial charge in [0.1, 0.15) is 30.3 Å². The Balaban J connectivity index is 1.89. The van der Waals surface area contributed by atoms with Gasteiger partial charge in [0.25, 0.3) is 0 Å². The predicted octanol–water partition coefficient (Wildman–Crippen LogP) is 1.56. The summed E-state index contributed by atoms with van der Waals surface area (Å²) in [7, 11) is 0. The van der Waals surface area contributed by atoms with Crippen molar-refractivity contribution in [3.8, 4) is 11.1 Å². The summed E-state index contributed by atoms with van der Waals surface area (Å²) < 4.78 is 31.2. The standard InChI is InChI=1S/C38H49F2N7O8/c1-22(41)35(53)44-29(18-33(51)52)37(55)45-28(17-31(42)49)36(54)43-13-8-14-47(32(50)21-48)34(38(2,3)4)30-15-24(26-16-25(39)11-12-27(26)40)20-46(30)19-23-9-6-5-7-10-23/h5-7,9-12,15-16,20,22,28-29,34,48H,8,13-14,17-19,21,41H2,1-4H3,(H2,42,49)(H,43,54)(H,44,53)(H,45,55)(H,51,52)/t22-,28-,29-,34-/m0/s1. The van der Waals surface area contributed by atoms with Gasteiger partial charge in [-0.15, -0.1) is 0 Å². The van der Waals surface area contributed by atoms with Crippen LogP contribution in [0.1, 0.15) is 64.3 Å². The van der Waals surface area contributed by atoms with E-state index in [-0.39, 0.29) is 25.1 Å². The number of hydrogen-bond acceptors (Lipinski definition) is 8. The first kappa shape index (κ1) is 43.7. The number of hydrogen-bond donors (Lipinski definition) is 7. The van der Waals surface area contributed by atoms with Crippen molar-refractivity contribution in [2.75, 3.05) is 19.7 Å². The fourth-order valence-corrected chi connectivity index (χ4v) is 6.05. The average molecular weight is 770 g/mol. The highest BCUT2D eigenvalue weighted by molar-refractivity contribution is 5.96. The number of carbonyl (C=O) groups is 6. The molecule has 0 fully saturated rings. The topological polar surface area (TPSA) is 239 Å². The number of aliphatic carboxylic acids is 1. The molecule has 17 heteroatoms. The lowest BCUT2D eigenvalue weighted by Crippen LogP contribution is -2.56. The van der Waals surface area contributed by atoms with Crippen molar-refractivity contribution in [1.29, 1.82) is 0 Å². The second-order valence-corrected chi connectivity index (χ2v) is 14.2. The van der Waals surface area contributed by atoms with E-state index in [0.29, 0.717) is 17.8 Å². The molecule has 0 unspecified atom stereocenters. The summed E-state index contributed by atoms with van der Waals surface area (Å²) >= 11 is 0. The predicted molar refractivity (Wildman–Crippen MR) is 198 cm³/mol. The van der Waals surface area contributed by atoms with Crippen molar-refractivity contribution in [1.82, 2.24) is 25.4 Å². The lowest BCUT2D eigenvalue weighted by molar-refractivity contribution is -0.141. The van der Waals surface area contributed by atoms with Crippen molar-refractivity contribution in [2.45, 2.75) is 77.7 Å². The normalized spacial score (nSPS) is 13.5. The number of nitrogens with two attached hydrogens (primary N) is 2. The lowest BCUT2D eigenvalue weighted by atomic mass is 9.83. The molecular weight excluding hydrogens is 720 g/mol. The Labute approximate surface area is 317 Å². The zero-order chi connectivity index (χ0) is 41.0. The van der Waals surface area contributed by atoms with Gasteiger partial charge in [0.2, 0.25) is 29.5 Å². The molecule has 1 aromatic heterocycles. The molecule has 15 nitrogen and oxygen atoms in total. The maximum Gasteiger partial charge on any atom is 0.305 e. The van der Waals surface area contributed by atoms with Crippen LogP contribution in [0.3, 0.4) is 0 Å². The van der Waals surface area contributed by atoms with Crippen LogP contribution in [-0.4, -0.2) is 93.0 Å². The maximum atomic E-state index is 15.0. The minimum absolute atomic E-state index is 0.0153. The van der Waals surface area contributed by atoms with Crippen LogP contribution in [0, 0.1) is 17.0 Å². The molecule has 9 N–H and O–H groups in total. The van der Waals surface area contributed by atoms with Crippen molar-refractivity contribution in [3.63, 3.8) is 0 Å². The highest BCUT2D eigenvalue weighted by Gasteiger charge is 2.37. The number of aromatic nitrogens is 1. The van der Waals surface area contributed by atoms with E-state index in [1.807, 2.05) is 55.7 Å². The number of aliphatic hydroxyl groups excluding tert-OH is 1. The van der Waals surface area contributed by atoms with Gasteiger partial charge in [-0.05, 0) is 48.6 Å². The number of carboxylic acids is 1. The molecule has 3 rings (SSSR count). The van der Waals surface area contributed by atoms with Crippen LogP contribution in [-0.2, 0) is 35.3 Å². The van der Waals surface area contributed by atoms with Crippen LogP contribution in [0.4, 0.5) is 8.78 Å². The van der Waals surface area contributed by atoms with Crippen molar-refractivity contribution >= 4 is 35.5 Å². The third-order valence-electron chi connectivity index (χ3n) is 8.57. The summed E-state index contributed by atoms with van der Waals surface area (Å²) in [6.07, 6.45) is 0.286. The van der Waals surface area contributed by atoms with E-state index in [4.69, 9.17) is 11.5 Å². The van der Waals surface area contributed by atoms with Gasteiger partial charge in [-0.1, -0.05) is 51.1 Å². The minimum Gasteiger partial charge on any atom is -0.481 e. The SMILES string of the molecule is C[C@H](N)C(=O)N[C@@H](CC(=O)O)C(=O)N[C@@H](CC(N)=O)C(=O)NCCCN(C(=O)CO)[C@@H](c1cc(-c2cc(F)ccc2F)cn1Cc1ccccc1)C(C)(C)C. The second-order valence-electron chi connectivity index (χ2n) is 14.2. The molecule has 2 aromatic carbocycles. The summed E-state index contributed by atoms with van der Waals surface area (Å²) in [5.74, 6) is -7.06. The molecule has 0 bridgehead atoms. The summed E-state index contributed by atoms with van der Waals surface area (Å²) in [6, 6.07) is 9.20. The highest BCUT2D eigenvalue weighted by atomic mass is 19.1. The molecule has 1 heterocycles. The van der Waals surface area contributed by atoms with Gasteiger partial charge in [-0.25, -0.2) is 8.78 Å². The molecular formula is C38H49F2N7O8. The number of carbonyl (C=O) groups excluding carboxylic acids is 5. The smallest absolute Gasteiger partial charge is 0.305 e. The van der Waals surface area contributed by atoms with E-state index in [2.05, 4.69) is 16.0 Å². The Morgan fingerprint density at radius 1 is 0.909 bits per heavy atom. The quantitative estimate of drug-likeness (QED) is 0.0875. The average Bonchev–Trinajstić information content (AvgIpc) is 3.50. The molecule has 298 valence electrons. The fourth-order valence-electron chi connectivity index (χ4n) is 6.05. The summed E-state index contributed by atoms with van der Waals surface area (Å²) in [5.41, 5.74) is 12.0. The molecule has 3 aromatic rings. The van der Waals surface area contributed by atoms with E-state index in [1.54, 1.807) is 12.3 Å². The molecule has 0 aliphatic heterocycles. The molecule has 0 radical (unpaired) electrons. The molecule has 4 atom stereocenters. The largest absolute Gasteiger partial charge is 0.481 e. The molecule has 0 spiro atoms. The van der Waals surface area contributed by atoms with E-state index in [0.717, 1.165) is 23.8 Å². The Morgan fingerprint density at radius 2 is 1.55 bits per heavy atom. The monoisotopic (exact) mass is 769 g/mol. The van der Waals surface area contributed by atoms with E-state index >= 15 is 4.39 Å². The van der Waals surface area contributed by atoms with Gasteiger partial charge in [-0.2, -0.15) is 0 Å². The molecule has 0 saturated carbocycles. The van der Waals surface area contributed by atoms with E-state index < -0.39 is 96.2 Å². The molecule has 55 heavy (non-hydrogen) atoms. The Hall–Kier alpha value is -5.68. The summed E-state index contributed by atoms with van der Waals surface area (Å²) in [5, 5.41) is 26.4. The summed E-state index contributed by atoms with van der Waals surface area (Å²) in [6.45, 7) is 6.31. The first-order valence-electron chi connectivity index (χ1n) is 17.6. The Kier molecular flexibility index (Phi) is 15.6. The van der Waals surface area contributed by atoms with E-state index in [9.17, 15) is 43.4 Å². The van der Waals surface area contributed by atoms with Crippen LogP contribution in [0.25, 0.3) is 11.1 Å². The molecule has 0 aliphatic carbocycles. The van der Waals surface area contributed by atoms with Crippen molar-refractivity contribution < 1.29 is 47.8 Å². The molecule has 5 amide bonds. The molecule has 0 aliphatic rings. The second kappa shape index (κ2) is 19.6. The zero-order valence-corrected chi connectivity index (χ0v) is 31.2. The number of benzene rings is 2. The molecule has 0 saturated heterocycles. The number of nitrogens with zero attached hydrogens (tertiary/aromatic N) is 2. The van der Waals surface area contributed by atoms with Crippen molar-refractivity contribution in [2.24, 2.45) is 16.9 Å². The third-order valence-corrected chi connectivity index (χ3v) is 8.57.